The first-order valence-electron chi connectivity index (χ1n) is 19.3. The van der Waals surface area contributed by atoms with E-state index in [-0.39, 0.29) is 0 Å². The molecule has 0 amide bonds. The maximum absolute atomic E-state index is 4.19. The van der Waals surface area contributed by atoms with Gasteiger partial charge in [0.25, 0.3) is 0 Å². The molecule has 0 saturated carbocycles. The second-order valence-electron chi connectivity index (χ2n) is 19.4. The summed E-state index contributed by atoms with van der Waals surface area (Å²) in [5.74, 6) is 1.28. The zero-order valence-corrected chi connectivity index (χ0v) is 38.7. The number of benzene rings is 4. The Morgan fingerprint density at radius 2 is 0.900 bits per heavy atom. The maximum atomic E-state index is 2.86. The van der Waals surface area contributed by atoms with Crippen LogP contribution in [0.4, 0.5) is 0 Å². The van der Waals surface area contributed by atoms with Gasteiger partial charge in [-0.05, 0) is 0 Å². The van der Waals surface area contributed by atoms with E-state index in [1.807, 2.05) is 3.26 Å². The zero-order chi connectivity index (χ0) is 36.2. The number of allylic oxidation sites excluding steroid dienone is 2. The molecular weight excluding hydrogens is 799 g/mol. The molecule has 4 aromatic carbocycles. The van der Waals surface area contributed by atoms with Crippen LogP contribution in [0.1, 0.15) is 70.1 Å². The summed E-state index contributed by atoms with van der Waals surface area (Å²) in [6.07, 6.45) is 12.8. The van der Waals surface area contributed by atoms with Crippen molar-refractivity contribution in [1.82, 2.24) is 0 Å². The number of hydrogen-bond donors (Lipinski definition) is 0. The van der Waals surface area contributed by atoms with Crippen molar-refractivity contribution in [2.45, 2.75) is 96.5 Å². The van der Waals surface area contributed by atoms with Crippen LogP contribution in [0.2, 0.25) is 48.6 Å². The first-order valence-corrected chi connectivity index (χ1v) is 39.4. The van der Waals surface area contributed by atoms with Crippen LogP contribution in [0.25, 0.3) is 34.4 Å². The molecular formula is C47H62HfSi2. The van der Waals surface area contributed by atoms with Crippen LogP contribution in [0.15, 0.2) is 97.1 Å². The summed E-state index contributed by atoms with van der Waals surface area (Å²) in [5.41, 5.74) is 11.5. The van der Waals surface area contributed by atoms with Gasteiger partial charge >= 0.3 is 310 Å². The molecule has 4 aromatic rings. The summed E-state index contributed by atoms with van der Waals surface area (Å²) in [6, 6.07) is 33.5. The van der Waals surface area contributed by atoms with Gasteiger partial charge in [0.2, 0.25) is 0 Å². The molecule has 0 heterocycles. The summed E-state index contributed by atoms with van der Waals surface area (Å²) in [7, 11) is -2.71. The van der Waals surface area contributed by atoms with Crippen molar-refractivity contribution in [3.05, 3.63) is 119 Å². The standard InChI is InChI=1S/2C18H19Si.C9H18.2CH3.Hf/c2*1-19(2,3)16-12-10-15(11-13-16)18-9-5-7-14-6-4-8-17(14)18;1-8(2)6-5-7-9(3)4;;;/h2*4-13H,1-3H3;8-9H,6-7H2,1-4H3;2*1H3;. The van der Waals surface area contributed by atoms with Gasteiger partial charge in [-0.25, -0.2) is 0 Å². The van der Waals surface area contributed by atoms with Crippen molar-refractivity contribution in [2.75, 3.05) is 0 Å². The Labute approximate surface area is 307 Å². The monoisotopic (exact) mass is 862 g/mol. The van der Waals surface area contributed by atoms with Crippen molar-refractivity contribution in [2.24, 2.45) is 11.8 Å². The zero-order valence-electron chi connectivity index (χ0n) is 33.1. The Morgan fingerprint density at radius 1 is 0.540 bits per heavy atom. The second kappa shape index (κ2) is 13.5. The van der Waals surface area contributed by atoms with Crippen molar-refractivity contribution >= 4 is 41.9 Å². The fraction of sp³-hybridized carbons (Fsp3) is 0.383. The molecule has 2 atom stereocenters. The van der Waals surface area contributed by atoms with Crippen LogP contribution in [-0.2, 0) is 18.0 Å². The Hall–Kier alpha value is -2.47. The van der Waals surface area contributed by atoms with Crippen LogP contribution in [-0.4, -0.2) is 19.4 Å². The third-order valence-electron chi connectivity index (χ3n) is 12.3. The third-order valence-corrected chi connectivity index (χ3v) is 43.3. The summed E-state index contributed by atoms with van der Waals surface area (Å²) >= 11 is -4.19. The van der Waals surface area contributed by atoms with E-state index in [1.165, 1.54) is 56.6 Å². The quantitative estimate of drug-likeness (QED) is 0.139. The Balaban J connectivity index is 1.54. The van der Waals surface area contributed by atoms with Crippen molar-refractivity contribution in [3.8, 4) is 22.3 Å². The summed E-state index contributed by atoms with van der Waals surface area (Å²) in [6.45, 7) is 24.4. The Bertz CT molecular complexity index is 1880. The van der Waals surface area contributed by atoms with E-state index in [1.54, 1.807) is 11.1 Å². The van der Waals surface area contributed by atoms with E-state index in [0.717, 1.165) is 0 Å². The van der Waals surface area contributed by atoms with Crippen LogP contribution >= 0.6 is 0 Å². The normalized spacial score (nSPS) is 17.5. The van der Waals surface area contributed by atoms with E-state index in [4.69, 9.17) is 0 Å². The molecule has 0 bridgehead atoms. The predicted octanol–water partition coefficient (Wildman–Crippen LogP) is 13.0. The average molecular weight is 862 g/mol. The molecule has 262 valence electrons. The van der Waals surface area contributed by atoms with Gasteiger partial charge in [0.15, 0.2) is 0 Å². The molecule has 50 heavy (non-hydrogen) atoms. The van der Waals surface area contributed by atoms with Crippen molar-refractivity contribution in [3.63, 3.8) is 0 Å². The molecule has 0 N–H and O–H groups in total. The van der Waals surface area contributed by atoms with Gasteiger partial charge in [-0.2, -0.15) is 0 Å². The van der Waals surface area contributed by atoms with Gasteiger partial charge in [0.1, 0.15) is 0 Å². The van der Waals surface area contributed by atoms with Gasteiger partial charge in [-0.1, -0.05) is 0 Å². The molecule has 0 nitrogen and oxygen atoms in total. The van der Waals surface area contributed by atoms with Gasteiger partial charge in [-0.3, -0.25) is 0 Å². The SMILES string of the molecule is CC(C)C[C](CC(C)C)=[Hf]([CH3])([CH3])([CH]1C=Cc2c(-c3ccc([Si](C)(C)C)cc3)cccc21)[CH]1C=Cc2c(-c3ccc([Si](C)(C)C)cc3)cccc21. The van der Waals surface area contributed by atoms with E-state index in [0.29, 0.717) is 19.2 Å². The number of fused-ring (bicyclic) bond motifs is 2. The van der Waals surface area contributed by atoms with Crippen LogP contribution in [0.5, 0.6) is 0 Å². The first-order chi connectivity index (χ1) is 23.4. The van der Waals surface area contributed by atoms with Crippen molar-refractivity contribution in [1.29, 1.82) is 0 Å². The van der Waals surface area contributed by atoms with Crippen LogP contribution in [0.3, 0.4) is 0 Å². The third kappa shape index (κ3) is 6.77. The molecule has 0 aliphatic heterocycles. The van der Waals surface area contributed by atoms with Gasteiger partial charge in [0.05, 0.1) is 0 Å². The number of hydrogen-bond acceptors (Lipinski definition) is 0. The van der Waals surface area contributed by atoms with Gasteiger partial charge < -0.3 is 0 Å². The van der Waals surface area contributed by atoms with Gasteiger partial charge in [-0.15, -0.1) is 0 Å². The number of rotatable bonds is 10. The van der Waals surface area contributed by atoms with E-state index < -0.39 is 34.2 Å². The van der Waals surface area contributed by atoms with Crippen LogP contribution in [0, 0.1) is 11.8 Å². The molecule has 3 heteroatoms. The fourth-order valence-electron chi connectivity index (χ4n) is 9.37. The molecule has 2 aliphatic carbocycles. The minimum atomic E-state index is -4.19. The topological polar surface area (TPSA) is 0 Å². The fourth-order valence-corrected chi connectivity index (χ4v) is 37.4. The molecule has 0 radical (unpaired) electrons. The molecule has 0 saturated heterocycles. The van der Waals surface area contributed by atoms with E-state index in [2.05, 4.69) is 186 Å². The minimum absolute atomic E-state index is 0.469. The summed E-state index contributed by atoms with van der Waals surface area (Å²) in [4.78, 5) is 0. The first kappa shape index (κ1) is 37.3. The molecule has 2 unspecified atom stereocenters. The van der Waals surface area contributed by atoms with Crippen LogP contribution < -0.4 is 10.4 Å². The molecule has 0 fully saturated rings. The molecule has 6 rings (SSSR count). The van der Waals surface area contributed by atoms with E-state index >= 15 is 0 Å². The predicted molar refractivity (Wildman–Crippen MR) is 229 cm³/mol. The molecule has 2 aliphatic rings. The molecule has 0 spiro atoms. The van der Waals surface area contributed by atoms with Crippen molar-refractivity contribution < 1.29 is 18.0 Å². The Kier molecular flexibility index (Phi) is 10.1. The summed E-state index contributed by atoms with van der Waals surface area (Å²) < 4.78 is 8.57. The second-order valence-corrected chi connectivity index (χ2v) is 55.3. The molecule has 0 aromatic heterocycles. The summed E-state index contributed by atoms with van der Waals surface area (Å²) in [5, 5.41) is 3.05. The van der Waals surface area contributed by atoms with E-state index in [9.17, 15) is 0 Å². The van der Waals surface area contributed by atoms with Gasteiger partial charge in [0, 0.05) is 0 Å². The average Bonchev–Trinajstić information content (AvgIpc) is 3.70. The Morgan fingerprint density at radius 3 is 1.22 bits per heavy atom.